The predicted octanol–water partition coefficient (Wildman–Crippen LogP) is -0.322. The van der Waals surface area contributed by atoms with E-state index in [1.807, 2.05) is 48.5 Å². The van der Waals surface area contributed by atoms with E-state index in [4.69, 9.17) is 0 Å². The molecular formula is C30H38N6O6S2. The lowest BCUT2D eigenvalue weighted by molar-refractivity contribution is -0.117. The summed E-state index contributed by atoms with van der Waals surface area (Å²) in [7, 11) is -8.72. The van der Waals surface area contributed by atoms with Gasteiger partial charge in [-0.1, -0.05) is 86.6 Å². The molecule has 0 amide bonds. The van der Waals surface area contributed by atoms with Crippen molar-refractivity contribution in [2.75, 3.05) is 0 Å². The summed E-state index contributed by atoms with van der Waals surface area (Å²) in [5, 5.41) is 9.17. The Morgan fingerprint density at radius 1 is 0.500 bits per heavy atom. The van der Waals surface area contributed by atoms with Gasteiger partial charge in [0.2, 0.25) is 0 Å². The second-order valence-corrected chi connectivity index (χ2v) is 11.8. The highest BCUT2D eigenvalue weighted by Gasteiger charge is 2.04. The normalized spacial score (nSPS) is 10.5. The third kappa shape index (κ3) is 13.9. The quantitative estimate of drug-likeness (QED) is 0.0906. The summed E-state index contributed by atoms with van der Waals surface area (Å²) in [5.41, 5.74) is 24.6. The van der Waals surface area contributed by atoms with Gasteiger partial charge in [0.05, 0.1) is 9.79 Å². The van der Waals surface area contributed by atoms with Crippen molar-refractivity contribution in [3.63, 3.8) is 0 Å². The average Bonchev–Trinajstić information content (AvgIpc) is 2.96. The van der Waals surface area contributed by atoms with Gasteiger partial charge in [-0.15, -0.1) is 0 Å². The fourth-order valence-corrected chi connectivity index (χ4v) is 4.43. The molecule has 0 atom stereocenters. The second-order valence-electron chi connectivity index (χ2n) is 9.06. The Balaban J connectivity index is 0.000000355. The Bertz CT molecular complexity index is 1570. The van der Waals surface area contributed by atoms with Gasteiger partial charge in [0.15, 0.2) is 0 Å². The number of hydrogen-bond donors (Lipinski definition) is 6. The highest BCUT2D eigenvalue weighted by molar-refractivity contribution is 7.86. The van der Waals surface area contributed by atoms with Gasteiger partial charge in [0, 0.05) is 0 Å². The SMILES string of the molecule is CCc1ccc(-c2ccc(S(=O)(=O)[O-])cc2)cc1.CCc1ccc(-c2ccc(S(=O)(=O)[O-])cc2)cc1.NC(N)=[NH2+].NC(N)=[NH2+]. The predicted molar refractivity (Wildman–Crippen MR) is 169 cm³/mol. The van der Waals surface area contributed by atoms with Crippen molar-refractivity contribution in [2.24, 2.45) is 22.9 Å². The topological polar surface area (TPSA) is 270 Å². The molecule has 0 saturated heterocycles. The van der Waals surface area contributed by atoms with Crippen LogP contribution in [0, 0.1) is 0 Å². The molecule has 0 aliphatic carbocycles. The lowest BCUT2D eigenvalue weighted by Gasteiger charge is -2.08. The van der Waals surface area contributed by atoms with E-state index < -0.39 is 20.2 Å². The summed E-state index contributed by atoms with van der Waals surface area (Å²) in [4.78, 5) is -0.396. The van der Waals surface area contributed by atoms with E-state index in [2.05, 4.69) is 47.6 Å². The number of aryl methyl sites for hydroxylation is 2. The first kappa shape index (κ1) is 37.3. The molecule has 14 heteroatoms. The zero-order valence-corrected chi connectivity index (χ0v) is 26.0. The minimum Gasteiger partial charge on any atom is -0.744 e. The first-order chi connectivity index (χ1) is 20.5. The maximum atomic E-state index is 10.8. The van der Waals surface area contributed by atoms with Crippen LogP contribution in [-0.2, 0) is 33.1 Å². The lowest BCUT2D eigenvalue weighted by Crippen LogP contribution is -2.51. The largest absolute Gasteiger partial charge is 0.744 e. The molecule has 4 aromatic carbocycles. The van der Waals surface area contributed by atoms with Gasteiger partial charge in [-0.25, -0.2) is 16.8 Å². The van der Waals surface area contributed by atoms with Crippen molar-refractivity contribution in [3.8, 4) is 22.3 Å². The summed E-state index contributed by atoms with van der Waals surface area (Å²) in [6.07, 6.45) is 1.96. The van der Waals surface area contributed by atoms with Crippen LogP contribution in [0.25, 0.3) is 22.3 Å². The molecule has 0 radical (unpaired) electrons. The molecule has 0 aliphatic heterocycles. The van der Waals surface area contributed by atoms with Crippen molar-refractivity contribution < 1.29 is 36.8 Å². The second kappa shape index (κ2) is 17.4. The zero-order chi connectivity index (χ0) is 33.5. The van der Waals surface area contributed by atoms with Gasteiger partial charge in [-0.05, 0) is 70.5 Å². The molecule has 0 saturated carbocycles. The molecule has 0 aromatic heterocycles. The van der Waals surface area contributed by atoms with Crippen molar-refractivity contribution in [1.82, 2.24) is 0 Å². The zero-order valence-electron chi connectivity index (χ0n) is 24.4. The molecule has 0 bridgehead atoms. The van der Waals surface area contributed by atoms with E-state index in [1.54, 1.807) is 24.3 Å². The molecule has 4 aromatic rings. The van der Waals surface area contributed by atoms with Gasteiger partial charge >= 0.3 is 11.9 Å². The van der Waals surface area contributed by atoms with Crippen molar-refractivity contribution in [2.45, 2.75) is 36.5 Å². The van der Waals surface area contributed by atoms with Crippen LogP contribution in [0.2, 0.25) is 0 Å². The minimum atomic E-state index is -4.36. The molecule has 0 unspecified atom stereocenters. The van der Waals surface area contributed by atoms with E-state index in [9.17, 15) is 25.9 Å². The molecule has 236 valence electrons. The fraction of sp³-hybridized carbons (Fsp3) is 0.133. The molecule has 12 N–H and O–H groups in total. The van der Waals surface area contributed by atoms with Crippen LogP contribution in [0.1, 0.15) is 25.0 Å². The maximum absolute atomic E-state index is 10.8. The number of rotatable bonds is 6. The monoisotopic (exact) mass is 642 g/mol. The van der Waals surface area contributed by atoms with E-state index in [-0.39, 0.29) is 21.7 Å². The lowest BCUT2D eigenvalue weighted by atomic mass is 10.0. The minimum absolute atomic E-state index is 0.0833. The number of guanidine groups is 2. The molecule has 0 aliphatic rings. The number of nitrogens with two attached hydrogens (primary N) is 6. The van der Waals surface area contributed by atoms with Crippen molar-refractivity contribution in [1.29, 1.82) is 0 Å². The van der Waals surface area contributed by atoms with Gasteiger partial charge in [0.25, 0.3) is 0 Å². The van der Waals surface area contributed by atoms with Crippen LogP contribution in [-0.4, -0.2) is 37.9 Å². The fourth-order valence-electron chi connectivity index (χ4n) is 3.49. The summed E-state index contributed by atoms with van der Waals surface area (Å²) < 4.78 is 64.9. The first-order valence-corrected chi connectivity index (χ1v) is 15.9. The van der Waals surface area contributed by atoms with Crippen molar-refractivity contribution >= 4 is 32.2 Å². The van der Waals surface area contributed by atoms with Gasteiger partial charge in [-0.3, -0.25) is 33.8 Å². The molecule has 0 heterocycles. The smallest absolute Gasteiger partial charge is 0.336 e. The molecular weight excluding hydrogens is 604 g/mol. The van der Waals surface area contributed by atoms with E-state index in [1.165, 1.54) is 35.4 Å². The molecule has 44 heavy (non-hydrogen) atoms. The average molecular weight is 643 g/mol. The Morgan fingerprint density at radius 2 is 0.682 bits per heavy atom. The van der Waals surface area contributed by atoms with E-state index >= 15 is 0 Å². The van der Waals surface area contributed by atoms with Crippen LogP contribution in [0.15, 0.2) is 107 Å². The third-order valence-corrected chi connectivity index (χ3v) is 7.38. The van der Waals surface area contributed by atoms with E-state index in [0.29, 0.717) is 0 Å². The highest BCUT2D eigenvalue weighted by atomic mass is 32.2. The summed E-state index contributed by atoms with van der Waals surface area (Å²) in [6.45, 7) is 4.17. The Morgan fingerprint density at radius 3 is 0.841 bits per heavy atom. The first-order valence-electron chi connectivity index (χ1n) is 13.0. The van der Waals surface area contributed by atoms with Crippen molar-refractivity contribution in [3.05, 3.63) is 108 Å². The van der Waals surface area contributed by atoms with Crippen LogP contribution in [0.4, 0.5) is 0 Å². The number of benzene rings is 4. The Hall–Kier alpha value is -4.76. The summed E-state index contributed by atoms with van der Waals surface area (Å²) in [5.74, 6) is -0.167. The van der Waals surface area contributed by atoms with Crippen LogP contribution in [0.5, 0.6) is 0 Å². The van der Waals surface area contributed by atoms with Crippen LogP contribution < -0.4 is 33.8 Å². The molecule has 12 nitrogen and oxygen atoms in total. The van der Waals surface area contributed by atoms with Crippen LogP contribution >= 0.6 is 0 Å². The van der Waals surface area contributed by atoms with E-state index in [0.717, 1.165) is 35.1 Å². The summed E-state index contributed by atoms with van der Waals surface area (Å²) in [6, 6.07) is 28.0. The van der Waals surface area contributed by atoms with Crippen LogP contribution in [0.3, 0.4) is 0 Å². The maximum Gasteiger partial charge on any atom is 0.336 e. The number of hydrogen-bond acceptors (Lipinski definition) is 6. The van der Waals surface area contributed by atoms with Gasteiger partial charge in [0.1, 0.15) is 20.2 Å². The molecule has 4 rings (SSSR count). The third-order valence-electron chi connectivity index (χ3n) is 5.68. The Labute approximate surface area is 258 Å². The summed E-state index contributed by atoms with van der Waals surface area (Å²) >= 11 is 0. The standard InChI is InChI=1S/2C14H14O3S.2CH5N3/c2*1-2-11-3-5-12(6-4-11)13-7-9-14(10-8-13)18(15,16)17;2*2-1(3)4/h2*3-10H,2H2,1H3,(H,15,16,17);2*(H5,2,3,4). The van der Waals surface area contributed by atoms with Gasteiger partial charge in [-0.2, -0.15) is 0 Å². The molecule has 0 spiro atoms. The van der Waals surface area contributed by atoms with Gasteiger partial charge < -0.3 is 9.11 Å². The molecule has 0 fully saturated rings. The highest BCUT2D eigenvalue weighted by Crippen LogP contribution is 2.23. The Kier molecular flexibility index (Phi) is 14.7.